The van der Waals surface area contributed by atoms with Gasteiger partial charge in [-0.05, 0) is 48.5 Å². The molecule has 4 aromatic carbocycles. The van der Waals surface area contributed by atoms with Crippen LogP contribution in [0.4, 0.5) is 0 Å². The second-order valence-electron chi connectivity index (χ2n) is 8.14. The van der Waals surface area contributed by atoms with Crippen LogP contribution >= 0.6 is 58.4 Å². The van der Waals surface area contributed by atoms with Crippen LogP contribution in [0.1, 0.15) is 20.7 Å². The molecule has 0 aliphatic rings. The molecule has 0 N–H and O–H groups in total. The van der Waals surface area contributed by atoms with Crippen LogP contribution in [0.2, 0.25) is 0 Å². The average molecular weight is 603 g/mol. The predicted molar refractivity (Wildman–Crippen MR) is 164 cm³/mol. The number of nitrogens with zero attached hydrogens (tertiary/aromatic N) is 2. The summed E-state index contributed by atoms with van der Waals surface area (Å²) in [7, 11) is 0. The lowest BCUT2D eigenvalue weighted by atomic mass is 10.1. The van der Waals surface area contributed by atoms with Gasteiger partial charge in [0.15, 0.2) is 20.2 Å². The Balaban J connectivity index is 1.07. The molecule has 5 rings (SSSR count). The molecular formula is C30H22N2O2S5. The lowest BCUT2D eigenvalue weighted by Crippen LogP contribution is -2.01. The van der Waals surface area contributed by atoms with Crippen LogP contribution in [0.15, 0.2) is 137 Å². The van der Waals surface area contributed by atoms with E-state index in [1.54, 1.807) is 23.5 Å². The van der Waals surface area contributed by atoms with Crippen LogP contribution in [0.25, 0.3) is 0 Å². The predicted octanol–water partition coefficient (Wildman–Crippen LogP) is 8.79. The number of hydrogen-bond donors (Lipinski definition) is 0. The number of rotatable bonds is 12. The molecule has 0 amide bonds. The standard InChI is InChI=1S/C30H22N2O2S5/c33-27(21-11-15-25(16-12-21)37-23-7-3-1-4-8-23)19-35-29-31-32-30(39-29)36-20-28(34)22-13-17-26(18-14-22)38-24-9-5-2-6-10-24/h1-18H,19-20H2. The largest absolute Gasteiger partial charge is 0.293 e. The first-order valence-electron chi connectivity index (χ1n) is 11.9. The molecule has 1 heterocycles. The molecule has 39 heavy (non-hydrogen) atoms. The van der Waals surface area contributed by atoms with E-state index in [1.165, 1.54) is 34.9 Å². The molecule has 0 saturated carbocycles. The molecule has 9 heteroatoms. The van der Waals surface area contributed by atoms with Crippen LogP contribution in [-0.2, 0) is 0 Å². The maximum absolute atomic E-state index is 12.7. The summed E-state index contributed by atoms with van der Waals surface area (Å²) in [5, 5.41) is 8.37. The van der Waals surface area contributed by atoms with Crippen molar-refractivity contribution in [2.45, 2.75) is 28.3 Å². The third kappa shape index (κ3) is 8.33. The van der Waals surface area contributed by atoms with Crippen molar-refractivity contribution in [1.29, 1.82) is 0 Å². The Kier molecular flexibility index (Phi) is 9.96. The highest BCUT2D eigenvalue weighted by molar-refractivity contribution is 8.03. The Hall–Kier alpha value is -2.82. The van der Waals surface area contributed by atoms with E-state index < -0.39 is 0 Å². The fourth-order valence-electron chi connectivity index (χ4n) is 3.40. The number of carbonyl (C=O) groups excluding carboxylic acids is 2. The van der Waals surface area contributed by atoms with Crippen LogP contribution in [-0.4, -0.2) is 33.3 Å². The van der Waals surface area contributed by atoms with Crippen LogP contribution in [0.3, 0.4) is 0 Å². The molecule has 0 aliphatic heterocycles. The van der Waals surface area contributed by atoms with Gasteiger partial charge in [-0.15, -0.1) is 10.2 Å². The first-order chi connectivity index (χ1) is 19.1. The summed E-state index contributed by atoms with van der Waals surface area (Å²) < 4.78 is 1.44. The molecule has 5 aromatic rings. The van der Waals surface area contributed by atoms with E-state index in [0.717, 1.165) is 28.3 Å². The SMILES string of the molecule is O=C(CSc1nnc(SCC(=O)c2ccc(Sc3ccccc3)cc2)s1)c1ccc(Sc2ccccc2)cc1. The Morgan fingerprint density at radius 1 is 0.513 bits per heavy atom. The fourth-order valence-corrected chi connectivity index (χ4v) is 7.89. The van der Waals surface area contributed by atoms with Gasteiger partial charge in [-0.25, -0.2) is 0 Å². The molecule has 0 atom stereocenters. The number of Topliss-reactive ketones (excluding diaryl/α,β-unsaturated/α-hetero) is 2. The van der Waals surface area contributed by atoms with Crippen molar-refractivity contribution in [1.82, 2.24) is 10.2 Å². The van der Waals surface area contributed by atoms with Gasteiger partial charge in [-0.2, -0.15) is 0 Å². The molecule has 194 valence electrons. The molecule has 0 bridgehead atoms. The van der Waals surface area contributed by atoms with Gasteiger partial charge < -0.3 is 0 Å². The summed E-state index contributed by atoms with van der Waals surface area (Å²) in [4.78, 5) is 29.8. The summed E-state index contributed by atoms with van der Waals surface area (Å²) in [6.45, 7) is 0. The van der Waals surface area contributed by atoms with Crippen molar-refractivity contribution >= 4 is 70.0 Å². The average Bonchev–Trinajstić information content (AvgIpc) is 3.44. The van der Waals surface area contributed by atoms with Gasteiger partial charge >= 0.3 is 0 Å². The monoisotopic (exact) mass is 602 g/mol. The van der Waals surface area contributed by atoms with E-state index in [4.69, 9.17) is 0 Å². The third-order valence-electron chi connectivity index (χ3n) is 5.35. The Morgan fingerprint density at radius 2 is 0.872 bits per heavy atom. The number of hydrogen-bond acceptors (Lipinski definition) is 9. The number of ketones is 2. The van der Waals surface area contributed by atoms with Crippen LogP contribution in [0.5, 0.6) is 0 Å². The van der Waals surface area contributed by atoms with Crippen molar-refractivity contribution in [3.05, 3.63) is 120 Å². The molecule has 1 aromatic heterocycles. The van der Waals surface area contributed by atoms with Gasteiger partial charge in [-0.1, -0.05) is 119 Å². The summed E-state index contributed by atoms with van der Waals surface area (Å²) in [6, 6.07) is 35.7. The van der Waals surface area contributed by atoms with Crippen LogP contribution in [0, 0.1) is 0 Å². The normalized spacial score (nSPS) is 10.9. The maximum atomic E-state index is 12.7. The lowest BCUT2D eigenvalue weighted by Gasteiger charge is -2.04. The van der Waals surface area contributed by atoms with E-state index >= 15 is 0 Å². The molecule has 0 fully saturated rings. The number of benzene rings is 4. The quantitative estimate of drug-likeness (QED) is 0.104. The van der Waals surface area contributed by atoms with E-state index in [0.29, 0.717) is 11.1 Å². The second-order valence-corrected chi connectivity index (χ2v) is 13.9. The Bertz CT molecular complexity index is 1410. The van der Waals surface area contributed by atoms with Crippen molar-refractivity contribution in [2.75, 3.05) is 11.5 Å². The zero-order valence-corrected chi connectivity index (χ0v) is 24.6. The minimum absolute atomic E-state index is 0.0460. The lowest BCUT2D eigenvalue weighted by molar-refractivity contribution is 0.101. The minimum atomic E-state index is 0.0460. The molecular weight excluding hydrogens is 581 g/mol. The van der Waals surface area contributed by atoms with E-state index in [2.05, 4.69) is 34.5 Å². The van der Waals surface area contributed by atoms with Crippen molar-refractivity contribution in [3.63, 3.8) is 0 Å². The molecule has 0 spiro atoms. The molecule has 0 saturated heterocycles. The van der Waals surface area contributed by atoms with Gasteiger partial charge in [0.05, 0.1) is 11.5 Å². The molecule has 0 radical (unpaired) electrons. The van der Waals surface area contributed by atoms with E-state index in [-0.39, 0.29) is 23.1 Å². The minimum Gasteiger partial charge on any atom is -0.293 e. The second kappa shape index (κ2) is 14.0. The molecule has 0 unspecified atom stereocenters. The number of aromatic nitrogens is 2. The molecule has 0 aliphatic carbocycles. The maximum Gasteiger partial charge on any atom is 0.175 e. The Morgan fingerprint density at radius 3 is 1.26 bits per heavy atom. The van der Waals surface area contributed by atoms with Crippen LogP contribution < -0.4 is 0 Å². The highest BCUT2D eigenvalue weighted by Gasteiger charge is 2.13. The zero-order valence-electron chi connectivity index (χ0n) is 20.6. The smallest absolute Gasteiger partial charge is 0.175 e. The van der Waals surface area contributed by atoms with E-state index in [1.807, 2.05) is 84.9 Å². The highest BCUT2D eigenvalue weighted by Crippen LogP contribution is 2.31. The van der Waals surface area contributed by atoms with Gasteiger partial charge in [0, 0.05) is 30.7 Å². The zero-order chi connectivity index (χ0) is 26.9. The van der Waals surface area contributed by atoms with Gasteiger partial charge in [-0.3, -0.25) is 9.59 Å². The van der Waals surface area contributed by atoms with Gasteiger partial charge in [0.1, 0.15) is 0 Å². The first-order valence-corrected chi connectivity index (χ1v) is 16.4. The summed E-state index contributed by atoms with van der Waals surface area (Å²) in [5.74, 6) is 0.669. The highest BCUT2D eigenvalue weighted by atomic mass is 32.2. The van der Waals surface area contributed by atoms with Crippen molar-refractivity contribution < 1.29 is 9.59 Å². The first kappa shape index (κ1) is 27.7. The van der Waals surface area contributed by atoms with Crippen molar-refractivity contribution in [3.8, 4) is 0 Å². The van der Waals surface area contributed by atoms with E-state index in [9.17, 15) is 9.59 Å². The summed E-state index contributed by atoms with van der Waals surface area (Å²) in [5.41, 5.74) is 1.36. The number of carbonyl (C=O) groups is 2. The van der Waals surface area contributed by atoms with Crippen molar-refractivity contribution in [2.24, 2.45) is 0 Å². The Labute approximate surface area is 248 Å². The third-order valence-corrected chi connectivity index (χ3v) is 10.6. The summed E-state index contributed by atoms with van der Waals surface area (Å²) >= 11 is 7.49. The van der Waals surface area contributed by atoms with Gasteiger partial charge in [0.25, 0.3) is 0 Å². The van der Waals surface area contributed by atoms with Gasteiger partial charge in [0.2, 0.25) is 0 Å². The fraction of sp³-hybridized carbons (Fsp3) is 0.0667. The number of thioether (sulfide) groups is 2. The molecule has 4 nitrogen and oxygen atoms in total. The topological polar surface area (TPSA) is 59.9 Å². The summed E-state index contributed by atoms with van der Waals surface area (Å²) in [6.07, 6.45) is 0.